The molecule has 9 heteroatoms. The van der Waals surface area contributed by atoms with E-state index in [4.69, 9.17) is 16.2 Å². The lowest BCUT2D eigenvalue weighted by atomic mass is 10.0. The van der Waals surface area contributed by atoms with E-state index in [9.17, 15) is 18.0 Å². The summed E-state index contributed by atoms with van der Waals surface area (Å²) in [6, 6.07) is 0. The maximum absolute atomic E-state index is 12.7. The molecule has 2 atom stereocenters. The highest BCUT2D eigenvalue weighted by atomic mass is 32.2. The summed E-state index contributed by atoms with van der Waals surface area (Å²) in [5.41, 5.74) is 8.77. The summed E-state index contributed by atoms with van der Waals surface area (Å²) < 4.78 is 30.6. The molecule has 0 aromatic carbocycles. The van der Waals surface area contributed by atoms with Crippen molar-refractivity contribution in [2.24, 2.45) is 11.5 Å². The van der Waals surface area contributed by atoms with Crippen molar-refractivity contribution in [2.45, 2.75) is 62.8 Å². The number of hydrogen-bond acceptors (Lipinski definition) is 7. The first-order valence-corrected chi connectivity index (χ1v) is 11.1. The minimum atomic E-state index is -3.76. The molecule has 0 aliphatic carbocycles. The van der Waals surface area contributed by atoms with Gasteiger partial charge >= 0.3 is 5.97 Å². The van der Waals surface area contributed by atoms with Crippen LogP contribution >= 0.6 is 11.8 Å². The first kappa shape index (κ1) is 21.2. The summed E-state index contributed by atoms with van der Waals surface area (Å²) in [6.07, 6.45) is 2.59. The molecule has 1 aliphatic heterocycles. The Bertz CT molecular complexity index is 540. The molecular weight excluding hydrogens is 352 g/mol. The second-order valence-corrected chi connectivity index (χ2v) is 9.66. The molecule has 0 saturated carbocycles. The normalized spacial score (nSPS) is 20.8. The van der Waals surface area contributed by atoms with Crippen molar-refractivity contribution in [3.8, 4) is 0 Å². The Morgan fingerprint density at radius 1 is 1.29 bits per heavy atom. The molecule has 0 spiro atoms. The highest BCUT2D eigenvalue weighted by Gasteiger charge is 2.48. The van der Waals surface area contributed by atoms with Gasteiger partial charge in [0.25, 0.3) is 0 Å². The van der Waals surface area contributed by atoms with E-state index in [-0.39, 0.29) is 6.10 Å². The molecule has 1 amide bonds. The van der Waals surface area contributed by atoms with E-state index in [0.717, 1.165) is 5.75 Å². The van der Waals surface area contributed by atoms with E-state index in [1.54, 1.807) is 11.8 Å². The monoisotopic (exact) mass is 380 g/mol. The molecule has 0 bridgehead atoms. The maximum Gasteiger partial charge on any atom is 0.337 e. The van der Waals surface area contributed by atoms with Gasteiger partial charge in [0.15, 0.2) is 9.84 Å². The number of esters is 1. The fourth-order valence-electron chi connectivity index (χ4n) is 2.68. The quantitative estimate of drug-likeness (QED) is 0.419. The number of carbonyl (C=O) groups excluding carboxylic acids is 2. The lowest BCUT2D eigenvalue weighted by molar-refractivity contribution is -0.156. The van der Waals surface area contributed by atoms with Crippen LogP contribution in [-0.4, -0.2) is 54.4 Å². The number of rotatable bonds is 10. The number of primary amides is 1. The van der Waals surface area contributed by atoms with E-state index in [1.165, 1.54) is 0 Å². The van der Waals surface area contributed by atoms with Crippen LogP contribution in [0.25, 0.3) is 0 Å². The number of hydrogen-bond donors (Lipinski definition) is 2. The van der Waals surface area contributed by atoms with Crippen molar-refractivity contribution in [1.29, 1.82) is 0 Å². The number of amides is 1. The summed E-state index contributed by atoms with van der Waals surface area (Å²) in [4.78, 5) is 24.1. The first-order chi connectivity index (χ1) is 11.2. The zero-order chi connectivity index (χ0) is 18.4. The molecule has 24 heavy (non-hydrogen) atoms. The van der Waals surface area contributed by atoms with Gasteiger partial charge in [-0.1, -0.05) is 26.7 Å². The molecule has 1 aliphatic rings. The van der Waals surface area contributed by atoms with Gasteiger partial charge in [0, 0.05) is 5.75 Å². The highest BCUT2D eigenvalue weighted by Crippen LogP contribution is 2.23. The summed E-state index contributed by atoms with van der Waals surface area (Å²) in [6.45, 7) is 3.77. The molecule has 1 fully saturated rings. The van der Waals surface area contributed by atoms with Gasteiger partial charge in [-0.05, 0) is 25.0 Å². The lowest BCUT2D eigenvalue weighted by Gasteiger charge is -2.27. The topological polar surface area (TPSA) is 130 Å². The van der Waals surface area contributed by atoms with Gasteiger partial charge in [0.2, 0.25) is 11.4 Å². The third kappa shape index (κ3) is 5.35. The van der Waals surface area contributed by atoms with Crippen molar-refractivity contribution < 1.29 is 22.7 Å². The lowest BCUT2D eigenvalue weighted by Crippen LogP contribution is -2.64. The minimum Gasteiger partial charge on any atom is -0.460 e. The zero-order valence-electron chi connectivity index (χ0n) is 14.3. The SMILES string of the molecule is CCCC(CCC)S(=O)(=O)CC(N)(C(N)=O)C(=O)O[C@H]1CCSC1. The Labute approximate surface area is 148 Å². The van der Waals surface area contributed by atoms with E-state index < -0.39 is 38.3 Å². The molecule has 7 nitrogen and oxygen atoms in total. The molecule has 1 rings (SSSR count). The summed E-state index contributed by atoms with van der Waals surface area (Å²) in [5, 5.41) is -0.635. The smallest absolute Gasteiger partial charge is 0.337 e. The second-order valence-electron chi connectivity index (χ2n) is 6.23. The van der Waals surface area contributed by atoms with Crippen molar-refractivity contribution >= 4 is 33.5 Å². The van der Waals surface area contributed by atoms with Crippen molar-refractivity contribution in [3.05, 3.63) is 0 Å². The molecule has 1 saturated heterocycles. The van der Waals surface area contributed by atoms with Crippen LogP contribution in [0.4, 0.5) is 0 Å². The van der Waals surface area contributed by atoms with Gasteiger partial charge in [0.1, 0.15) is 6.10 Å². The average molecular weight is 381 g/mol. The molecule has 4 N–H and O–H groups in total. The Morgan fingerprint density at radius 3 is 2.29 bits per heavy atom. The van der Waals surface area contributed by atoms with Gasteiger partial charge in [-0.25, -0.2) is 13.2 Å². The third-order valence-corrected chi connectivity index (χ3v) is 7.60. The number of thioether (sulfide) groups is 1. The average Bonchev–Trinajstić information content (AvgIpc) is 2.99. The number of sulfone groups is 1. The van der Waals surface area contributed by atoms with Crippen LogP contribution < -0.4 is 11.5 Å². The third-order valence-electron chi connectivity index (χ3n) is 4.12. The maximum atomic E-state index is 12.7. The molecular formula is C15H28N2O5S2. The Hall–Kier alpha value is -0.800. The van der Waals surface area contributed by atoms with E-state index in [2.05, 4.69) is 0 Å². The Kier molecular flexibility index (Phi) is 8.01. The van der Waals surface area contributed by atoms with Crippen molar-refractivity contribution in [3.63, 3.8) is 0 Å². The zero-order valence-corrected chi connectivity index (χ0v) is 16.0. The Morgan fingerprint density at radius 2 is 1.88 bits per heavy atom. The van der Waals surface area contributed by atoms with Gasteiger partial charge in [-0.2, -0.15) is 11.8 Å². The van der Waals surface area contributed by atoms with Gasteiger partial charge in [0.05, 0.1) is 11.0 Å². The summed E-state index contributed by atoms with van der Waals surface area (Å²) in [5.74, 6) is -1.56. The van der Waals surface area contributed by atoms with Crippen LogP contribution in [0.15, 0.2) is 0 Å². The fraction of sp³-hybridized carbons (Fsp3) is 0.867. The van der Waals surface area contributed by atoms with Crippen LogP contribution in [0.2, 0.25) is 0 Å². The van der Waals surface area contributed by atoms with E-state index in [1.807, 2.05) is 13.8 Å². The van der Waals surface area contributed by atoms with E-state index >= 15 is 0 Å². The molecule has 0 aromatic rings. The van der Waals surface area contributed by atoms with E-state index in [0.29, 0.717) is 37.9 Å². The standard InChI is InChI=1S/C15H28N2O5S2/c1-3-5-12(6-4-2)24(20,21)10-15(17,13(16)18)14(19)22-11-7-8-23-9-11/h11-12H,3-10,17H2,1-2H3,(H2,16,18)/t11-,15?/m0/s1. The predicted molar refractivity (Wildman–Crippen MR) is 95.3 cm³/mol. The molecule has 0 aromatic heterocycles. The minimum absolute atomic E-state index is 0.352. The van der Waals surface area contributed by atoms with Gasteiger partial charge < -0.3 is 16.2 Å². The van der Waals surface area contributed by atoms with Crippen LogP contribution in [0.1, 0.15) is 46.0 Å². The molecule has 1 unspecified atom stereocenters. The number of carbonyl (C=O) groups is 2. The molecule has 0 radical (unpaired) electrons. The van der Waals surface area contributed by atoms with Crippen LogP contribution in [0.3, 0.4) is 0 Å². The molecule has 140 valence electrons. The fourth-order valence-corrected chi connectivity index (χ4v) is 6.09. The number of nitrogens with two attached hydrogens (primary N) is 2. The molecule has 1 heterocycles. The van der Waals surface area contributed by atoms with Gasteiger partial charge in [-0.3, -0.25) is 4.79 Å². The predicted octanol–water partition coefficient (Wildman–Crippen LogP) is 0.602. The van der Waals surface area contributed by atoms with Gasteiger partial charge in [-0.15, -0.1) is 0 Å². The van der Waals surface area contributed by atoms with Crippen LogP contribution in [0, 0.1) is 0 Å². The summed E-state index contributed by atoms with van der Waals surface area (Å²) in [7, 11) is -3.76. The largest absolute Gasteiger partial charge is 0.460 e. The van der Waals surface area contributed by atoms with Crippen molar-refractivity contribution in [1.82, 2.24) is 0 Å². The first-order valence-electron chi connectivity index (χ1n) is 8.26. The van der Waals surface area contributed by atoms with Crippen molar-refractivity contribution in [2.75, 3.05) is 17.3 Å². The Balaban J connectivity index is 2.96. The van der Waals surface area contributed by atoms with Crippen LogP contribution in [-0.2, 0) is 24.2 Å². The second kappa shape index (κ2) is 9.05. The highest BCUT2D eigenvalue weighted by molar-refractivity contribution is 7.99. The number of ether oxygens (including phenoxy) is 1. The summed E-state index contributed by atoms with van der Waals surface area (Å²) >= 11 is 1.62. The van der Waals surface area contributed by atoms with Crippen LogP contribution in [0.5, 0.6) is 0 Å².